The van der Waals surface area contributed by atoms with Crippen molar-refractivity contribution < 1.29 is 9.53 Å². The molecule has 5 heteroatoms. The Morgan fingerprint density at radius 3 is 3.05 bits per heavy atom. The SMILES string of the molecule is Cc1ncccc1C(=O)NCCCOC1CCNCC1. The number of hydrogen-bond donors (Lipinski definition) is 2. The maximum Gasteiger partial charge on any atom is 0.253 e. The van der Waals surface area contributed by atoms with Gasteiger partial charge < -0.3 is 15.4 Å². The molecule has 0 unspecified atom stereocenters. The molecule has 5 nitrogen and oxygen atoms in total. The van der Waals surface area contributed by atoms with Crippen molar-refractivity contribution in [1.82, 2.24) is 15.6 Å². The third kappa shape index (κ3) is 4.58. The minimum atomic E-state index is -0.0579. The zero-order valence-electron chi connectivity index (χ0n) is 12.0. The quantitative estimate of drug-likeness (QED) is 0.769. The number of nitrogens with one attached hydrogen (secondary N) is 2. The first-order valence-electron chi connectivity index (χ1n) is 7.29. The molecule has 0 aromatic carbocycles. The van der Waals surface area contributed by atoms with Crippen LogP contribution in [-0.4, -0.2) is 43.2 Å². The Bertz CT molecular complexity index is 431. The number of rotatable bonds is 6. The second-order valence-electron chi connectivity index (χ2n) is 5.07. The summed E-state index contributed by atoms with van der Waals surface area (Å²) in [5.74, 6) is -0.0579. The van der Waals surface area contributed by atoms with E-state index in [2.05, 4.69) is 15.6 Å². The first kappa shape index (κ1) is 14.9. The van der Waals surface area contributed by atoms with Gasteiger partial charge >= 0.3 is 0 Å². The van der Waals surface area contributed by atoms with E-state index in [0.29, 0.717) is 24.8 Å². The highest BCUT2D eigenvalue weighted by Gasteiger charge is 2.13. The van der Waals surface area contributed by atoms with Gasteiger partial charge in [-0.15, -0.1) is 0 Å². The van der Waals surface area contributed by atoms with Crippen LogP contribution in [0.15, 0.2) is 18.3 Å². The summed E-state index contributed by atoms with van der Waals surface area (Å²) in [7, 11) is 0. The standard InChI is InChI=1S/C15H23N3O2/c1-12-14(4-2-7-17-12)15(19)18-8-3-11-20-13-5-9-16-10-6-13/h2,4,7,13,16H,3,5-6,8-11H2,1H3,(H,18,19). The van der Waals surface area contributed by atoms with Crippen molar-refractivity contribution >= 4 is 5.91 Å². The van der Waals surface area contributed by atoms with Crippen molar-refractivity contribution in [2.24, 2.45) is 0 Å². The van der Waals surface area contributed by atoms with Crippen molar-refractivity contribution in [3.8, 4) is 0 Å². The zero-order valence-corrected chi connectivity index (χ0v) is 12.0. The van der Waals surface area contributed by atoms with E-state index in [-0.39, 0.29) is 5.91 Å². The van der Waals surface area contributed by atoms with E-state index < -0.39 is 0 Å². The highest BCUT2D eigenvalue weighted by atomic mass is 16.5. The molecule has 110 valence electrons. The fourth-order valence-corrected chi connectivity index (χ4v) is 2.31. The lowest BCUT2D eigenvalue weighted by molar-refractivity contribution is 0.0318. The molecule has 2 rings (SSSR count). The van der Waals surface area contributed by atoms with Gasteiger partial charge in [0.2, 0.25) is 0 Å². The molecule has 1 aromatic heterocycles. The van der Waals surface area contributed by atoms with Crippen LogP contribution in [0.4, 0.5) is 0 Å². The average molecular weight is 277 g/mol. The number of amides is 1. The molecule has 1 amide bonds. The fourth-order valence-electron chi connectivity index (χ4n) is 2.31. The molecule has 0 aliphatic carbocycles. The number of piperidine rings is 1. The molecule has 0 atom stereocenters. The Morgan fingerprint density at radius 2 is 2.30 bits per heavy atom. The van der Waals surface area contributed by atoms with Gasteiger partial charge in [0, 0.05) is 25.0 Å². The van der Waals surface area contributed by atoms with Crippen molar-refractivity contribution in [3.63, 3.8) is 0 Å². The van der Waals surface area contributed by atoms with E-state index in [9.17, 15) is 4.79 Å². The molecule has 20 heavy (non-hydrogen) atoms. The first-order valence-corrected chi connectivity index (χ1v) is 7.29. The molecule has 0 bridgehead atoms. The Balaban J connectivity index is 1.61. The normalized spacial score (nSPS) is 16.1. The summed E-state index contributed by atoms with van der Waals surface area (Å²) in [4.78, 5) is 16.0. The van der Waals surface area contributed by atoms with Crippen molar-refractivity contribution in [2.75, 3.05) is 26.2 Å². The minimum Gasteiger partial charge on any atom is -0.378 e. The van der Waals surface area contributed by atoms with Gasteiger partial charge in [0.25, 0.3) is 5.91 Å². The topological polar surface area (TPSA) is 63.2 Å². The van der Waals surface area contributed by atoms with Gasteiger partial charge in [-0.25, -0.2) is 0 Å². The highest BCUT2D eigenvalue weighted by Crippen LogP contribution is 2.07. The number of carbonyl (C=O) groups excluding carboxylic acids is 1. The van der Waals surface area contributed by atoms with Crippen LogP contribution >= 0.6 is 0 Å². The second-order valence-corrected chi connectivity index (χ2v) is 5.07. The van der Waals surface area contributed by atoms with E-state index in [1.165, 1.54) is 0 Å². The van der Waals surface area contributed by atoms with Gasteiger partial charge in [-0.1, -0.05) is 0 Å². The summed E-state index contributed by atoms with van der Waals surface area (Å²) in [6.45, 7) is 5.27. The zero-order chi connectivity index (χ0) is 14.2. The largest absolute Gasteiger partial charge is 0.378 e. The number of carbonyl (C=O) groups is 1. The molecule has 1 aromatic rings. The maximum atomic E-state index is 11.9. The van der Waals surface area contributed by atoms with Gasteiger partial charge in [-0.05, 0) is 51.4 Å². The van der Waals surface area contributed by atoms with Crippen molar-refractivity contribution in [2.45, 2.75) is 32.3 Å². The van der Waals surface area contributed by atoms with E-state index >= 15 is 0 Å². The number of nitrogens with zero attached hydrogens (tertiary/aromatic N) is 1. The molecule has 2 heterocycles. The number of aryl methyl sites for hydroxylation is 1. The molecule has 0 saturated carbocycles. The fraction of sp³-hybridized carbons (Fsp3) is 0.600. The molecule has 2 N–H and O–H groups in total. The van der Waals surface area contributed by atoms with Crippen LogP contribution in [0, 0.1) is 6.92 Å². The molecular weight excluding hydrogens is 254 g/mol. The molecule has 1 aliphatic heterocycles. The number of hydrogen-bond acceptors (Lipinski definition) is 4. The van der Waals surface area contributed by atoms with Crippen LogP contribution in [0.5, 0.6) is 0 Å². The van der Waals surface area contributed by atoms with Gasteiger partial charge in [0.1, 0.15) is 0 Å². The Labute approximate surface area is 120 Å². The van der Waals surface area contributed by atoms with Gasteiger partial charge in [-0.3, -0.25) is 9.78 Å². The third-order valence-corrected chi connectivity index (χ3v) is 3.50. The lowest BCUT2D eigenvalue weighted by Crippen LogP contribution is -2.33. The monoisotopic (exact) mass is 277 g/mol. The highest BCUT2D eigenvalue weighted by molar-refractivity contribution is 5.95. The average Bonchev–Trinajstić information content (AvgIpc) is 2.48. The Morgan fingerprint density at radius 1 is 1.50 bits per heavy atom. The molecule has 0 spiro atoms. The summed E-state index contributed by atoms with van der Waals surface area (Å²) < 4.78 is 5.79. The summed E-state index contributed by atoms with van der Waals surface area (Å²) >= 11 is 0. The van der Waals surface area contributed by atoms with E-state index in [1.807, 2.05) is 6.92 Å². The van der Waals surface area contributed by atoms with Gasteiger partial charge in [0.15, 0.2) is 0 Å². The lowest BCUT2D eigenvalue weighted by Gasteiger charge is -2.22. The van der Waals surface area contributed by atoms with Gasteiger partial charge in [0.05, 0.1) is 11.7 Å². The van der Waals surface area contributed by atoms with Crippen LogP contribution in [0.2, 0.25) is 0 Å². The maximum absolute atomic E-state index is 11.9. The molecule has 1 fully saturated rings. The smallest absolute Gasteiger partial charge is 0.253 e. The number of aromatic nitrogens is 1. The Hall–Kier alpha value is -1.46. The van der Waals surface area contributed by atoms with Crippen LogP contribution in [-0.2, 0) is 4.74 Å². The summed E-state index contributed by atoms with van der Waals surface area (Å²) in [6.07, 6.45) is 5.09. The van der Waals surface area contributed by atoms with Crippen LogP contribution < -0.4 is 10.6 Å². The van der Waals surface area contributed by atoms with Crippen molar-refractivity contribution in [1.29, 1.82) is 0 Å². The number of pyridine rings is 1. The van der Waals surface area contributed by atoms with Crippen LogP contribution in [0.3, 0.4) is 0 Å². The molecular formula is C15H23N3O2. The first-order chi connectivity index (χ1) is 9.77. The molecule has 0 radical (unpaired) electrons. The van der Waals surface area contributed by atoms with Crippen molar-refractivity contribution in [3.05, 3.63) is 29.6 Å². The van der Waals surface area contributed by atoms with Gasteiger partial charge in [-0.2, -0.15) is 0 Å². The second kappa shape index (κ2) is 7.97. The summed E-state index contributed by atoms with van der Waals surface area (Å²) in [5.41, 5.74) is 1.41. The van der Waals surface area contributed by atoms with E-state index in [0.717, 1.165) is 38.0 Å². The summed E-state index contributed by atoms with van der Waals surface area (Å²) in [6, 6.07) is 3.57. The van der Waals surface area contributed by atoms with E-state index in [4.69, 9.17) is 4.74 Å². The summed E-state index contributed by atoms with van der Waals surface area (Å²) in [5, 5.41) is 6.22. The lowest BCUT2D eigenvalue weighted by atomic mass is 10.1. The third-order valence-electron chi connectivity index (χ3n) is 3.50. The Kier molecular flexibility index (Phi) is 5.95. The minimum absolute atomic E-state index is 0.0579. The number of ether oxygens (including phenoxy) is 1. The van der Waals surface area contributed by atoms with Crippen LogP contribution in [0.25, 0.3) is 0 Å². The predicted molar refractivity (Wildman–Crippen MR) is 77.8 cm³/mol. The van der Waals surface area contributed by atoms with Crippen LogP contribution in [0.1, 0.15) is 35.3 Å². The predicted octanol–water partition coefficient (Wildman–Crippen LogP) is 1.28. The molecule has 1 aliphatic rings. The molecule has 1 saturated heterocycles. The van der Waals surface area contributed by atoms with E-state index in [1.54, 1.807) is 18.3 Å².